The molecule has 0 amide bonds. The molecule has 1 unspecified atom stereocenters. The summed E-state index contributed by atoms with van der Waals surface area (Å²) in [6.07, 6.45) is 1.17. The van der Waals surface area contributed by atoms with Gasteiger partial charge in [0.15, 0.2) is 0 Å². The zero-order chi connectivity index (χ0) is 7.68. The standard InChI is InChI=1S/C10H12I/c1-2-8-3-5-9(6-4-8)10-7-11-10/h3-6,10H,2,7H2,1H3/q-1. The van der Waals surface area contributed by atoms with Crippen molar-refractivity contribution < 1.29 is 21.2 Å². The Hall–Kier alpha value is -0.0500. The average Bonchev–Trinajstić information content (AvgIpc) is 2.87. The monoisotopic (exact) mass is 259 g/mol. The Labute approximate surface area is 78.3 Å². The predicted molar refractivity (Wildman–Crippen MR) is 43.4 cm³/mol. The second-order valence-corrected chi connectivity index (χ2v) is 6.14. The van der Waals surface area contributed by atoms with Crippen LogP contribution >= 0.6 is 0 Å². The number of aryl methyl sites for hydroxylation is 1. The maximum absolute atomic E-state index is 2.32. The molecule has 0 saturated carbocycles. The van der Waals surface area contributed by atoms with Crippen molar-refractivity contribution >= 4 is 0 Å². The van der Waals surface area contributed by atoms with Gasteiger partial charge in [0.05, 0.1) is 0 Å². The molecule has 0 radical (unpaired) electrons. The SMILES string of the molecule is CCc1ccc(C2C[I-]2)cc1. The Kier molecular flexibility index (Phi) is 2.16. The van der Waals surface area contributed by atoms with E-state index in [0.717, 1.165) is 3.92 Å². The van der Waals surface area contributed by atoms with Crippen molar-refractivity contribution in [3.05, 3.63) is 35.4 Å². The van der Waals surface area contributed by atoms with Crippen LogP contribution in [0.5, 0.6) is 0 Å². The van der Waals surface area contributed by atoms with Crippen molar-refractivity contribution in [2.75, 3.05) is 4.43 Å². The van der Waals surface area contributed by atoms with Crippen LogP contribution in [0.15, 0.2) is 24.3 Å². The number of rotatable bonds is 2. The topological polar surface area (TPSA) is 0 Å². The van der Waals surface area contributed by atoms with Crippen LogP contribution in [0.3, 0.4) is 0 Å². The number of hydrogen-bond donors (Lipinski definition) is 0. The molecule has 0 nitrogen and oxygen atoms in total. The van der Waals surface area contributed by atoms with Gasteiger partial charge in [-0.15, -0.1) is 0 Å². The van der Waals surface area contributed by atoms with Gasteiger partial charge in [-0.2, -0.15) is 0 Å². The molecule has 1 heterocycles. The molecule has 0 bridgehead atoms. The Balaban J connectivity index is 2.19. The predicted octanol–water partition coefficient (Wildman–Crippen LogP) is -0.607. The zero-order valence-electron chi connectivity index (χ0n) is 6.68. The van der Waals surface area contributed by atoms with Gasteiger partial charge in [0, 0.05) is 0 Å². The van der Waals surface area contributed by atoms with Crippen LogP contribution in [-0.4, -0.2) is 4.43 Å². The molecule has 1 saturated heterocycles. The molecule has 2 rings (SSSR count). The van der Waals surface area contributed by atoms with E-state index in [0.29, 0.717) is 21.2 Å². The molecule has 1 aliphatic rings. The Morgan fingerprint density at radius 2 is 2.00 bits per heavy atom. The quantitative estimate of drug-likeness (QED) is 0.491. The van der Waals surface area contributed by atoms with Gasteiger partial charge in [-0.05, 0) is 0 Å². The molecule has 0 aromatic heterocycles. The van der Waals surface area contributed by atoms with Crippen LogP contribution in [0.4, 0.5) is 0 Å². The average molecular weight is 259 g/mol. The number of halogens is 1. The van der Waals surface area contributed by atoms with E-state index in [1.807, 2.05) is 0 Å². The maximum atomic E-state index is 2.32. The molecule has 1 fully saturated rings. The molecule has 0 N–H and O–H groups in total. The molecule has 1 aliphatic heterocycles. The summed E-state index contributed by atoms with van der Waals surface area (Å²) in [6.45, 7) is 2.21. The first kappa shape index (κ1) is 7.59. The Morgan fingerprint density at radius 1 is 1.36 bits per heavy atom. The van der Waals surface area contributed by atoms with E-state index in [1.165, 1.54) is 16.4 Å². The summed E-state index contributed by atoms with van der Waals surface area (Å²) in [4.78, 5) is 0. The van der Waals surface area contributed by atoms with Gasteiger partial charge < -0.3 is 0 Å². The fourth-order valence-corrected chi connectivity index (χ4v) is 2.87. The van der Waals surface area contributed by atoms with Gasteiger partial charge in [0.25, 0.3) is 0 Å². The van der Waals surface area contributed by atoms with Crippen molar-refractivity contribution in [1.29, 1.82) is 0 Å². The first-order valence-corrected chi connectivity index (χ1v) is 6.84. The first-order valence-electron chi connectivity index (χ1n) is 4.06. The van der Waals surface area contributed by atoms with E-state index in [1.54, 1.807) is 5.56 Å². The molecule has 60 valence electrons. The summed E-state index contributed by atoms with van der Waals surface area (Å²) in [7, 11) is 0. The second kappa shape index (κ2) is 3.13. The molecule has 11 heavy (non-hydrogen) atoms. The van der Waals surface area contributed by atoms with E-state index in [-0.39, 0.29) is 0 Å². The van der Waals surface area contributed by atoms with Gasteiger partial charge in [0.1, 0.15) is 0 Å². The summed E-state index contributed by atoms with van der Waals surface area (Å²) in [6, 6.07) is 9.18. The third-order valence-corrected chi connectivity index (χ3v) is 4.54. The molecule has 0 aliphatic carbocycles. The van der Waals surface area contributed by atoms with Gasteiger partial charge in [-0.3, -0.25) is 0 Å². The van der Waals surface area contributed by atoms with Crippen molar-refractivity contribution in [3.63, 3.8) is 0 Å². The van der Waals surface area contributed by atoms with E-state index in [2.05, 4.69) is 31.2 Å². The third-order valence-electron chi connectivity index (χ3n) is 2.06. The number of alkyl halides is 2. The van der Waals surface area contributed by atoms with Gasteiger partial charge in [0.2, 0.25) is 0 Å². The van der Waals surface area contributed by atoms with Crippen LogP contribution < -0.4 is 21.2 Å². The summed E-state index contributed by atoms with van der Waals surface area (Å²) in [5.41, 5.74) is 3.06. The van der Waals surface area contributed by atoms with E-state index < -0.39 is 0 Å². The fourth-order valence-electron chi connectivity index (χ4n) is 1.18. The van der Waals surface area contributed by atoms with E-state index in [4.69, 9.17) is 0 Å². The van der Waals surface area contributed by atoms with E-state index in [9.17, 15) is 0 Å². The number of benzene rings is 1. The van der Waals surface area contributed by atoms with E-state index >= 15 is 0 Å². The molecular weight excluding hydrogens is 247 g/mol. The fraction of sp³-hybridized carbons (Fsp3) is 0.400. The van der Waals surface area contributed by atoms with Crippen molar-refractivity contribution in [1.82, 2.24) is 0 Å². The van der Waals surface area contributed by atoms with Crippen molar-refractivity contribution in [3.8, 4) is 0 Å². The molecular formula is C10H12I-. The minimum atomic E-state index is 0.581. The molecule has 1 atom stereocenters. The first-order chi connectivity index (χ1) is 5.40. The summed E-state index contributed by atoms with van der Waals surface area (Å²) in [5, 5.41) is 0. The van der Waals surface area contributed by atoms with Crippen molar-refractivity contribution in [2.45, 2.75) is 17.3 Å². The summed E-state index contributed by atoms with van der Waals surface area (Å²) >= 11 is 0.581. The minimum absolute atomic E-state index is 0.581. The molecule has 1 heteroatoms. The van der Waals surface area contributed by atoms with Crippen LogP contribution in [0.1, 0.15) is 22.0 Å². The van der Waals surface area contributed by atoms with Gasteiger partial charge >= 0.3 is 78.3 Å². The van der Waals surface area contributed by atoms with Gasteiger partial charge in [-0.1, -0.05) is 0 Å². The summed E-state index contributed by atoms with van der Waals surface area (Å²) in [5.74, 6) is 0. The van der Waals surface area contributed by atoms with Crippen molar-refractivity contribution in [2.24, 2.45) is 0 Å². The number of hydrogen-bond acceptors (Lipinski definition) is 0. The normalized spacial score (nSPS) is 22.5. The summed E-state index contributed by atoms with van der Waals surface area (Å²) < 4.78 is 2.53. The Bertz CT molecular complexity index is 234. The van der Waals surface area contributed by atoms with Crippen LogP contribution in [0, 0.1) is 0 Å². The third kappa shape index (κ3) is 1.75. The molecule has 1 aromatic carbocycles. The zero-order valence-corrected chi connectivity index (χ0v) is 8.84. The van der Waals surface area contributed by atoms with Crippen LogP contribution in [0.2, 0.25) is 0 Å². The Morgan fingerprint density at radius 3 is 2.45 bits per heavy atom. The molecule has 0 spiro atoms. The van der Waals surface area contributed by atoms with Crippen LogP contribution in [-0.2, 0) is 6.42 Å². The second-order valence-electron chi connectivity index (χ2n) is 2.87. The van der Waals surface area contributed by atoms with Gasteiger partial charge in [-0.25, -0.2) is 0 Å². The van der Waals surface area contributed by atoms with Crippen LogP contribution in [0.25, 0.3) is 0 Å². The molecule has 1 aromatic rings.